The Morgan fingerprint density at radius 1 is 1.07 bits per heavy atom. The number of nitrogens with zero attached hydrogens (tertiary/aromatic N) is 1. The van der Waals surface area contributed by atoms with E-state index in [9.17, 15) is 9.59 Å². The molecule has 0 radical (unpaired) electrons. The van der Waals surface area contributed by atoms with Crippen LogP contribution in [0.3, 0.4) is 0 Å². The summed E-state index contributed by atoms with van der Waals surface area (Å²) in [6.45, 7) is 2.36. The molecule has 2 amide bonds. The normalized spacial score (nSPS) is 21.7. The van der Waals surface area contributed by atoms with Crippen LogP contribution in [0.1, 0.15) is 35.2 Å². The van der Waals surface area contributed by atoms with Gasteiger partial charge in [-0.25, -0.2) is 0 Å². The summed E-state index contributed by atoms with van der Waals surface area (Å²) in [5.74, 6) is 0.570. The van der Waals surface area contributed by atoms with Crippen LogP contribution in [0.2, 0.25) is 0 Å². The van der Waals surface area contributed by atoms with Crippen molar-refractivity contribution in [3.63, 3.8) is 0 Å². The van der Waals surface area contributed by atoms with Crippen LogP contribution in [0, 0.1) is 6.92 Å². The van der Waals surface area contributed by atoms with Gasteiger partial charge >= 0.3 is 0 Å². The van der Waals surface area contributed by atoms with E-state index < -0.39 is 6.04 Å². The summed E-state index contributed by atoms with van der Waals surface area (Å²) in [5, 5.41) is 3.04. The second-order valence-electron chi connectivity index (χ2n) is 7.41. The van der Waals surface area contributed by atoms with Gasteiger partial charge in [0.1, 0.15) is 17.9 Å². The SMILES string of the molecule is Cc1cccc(C(=O)N2C[C@@H](Oc3ccccc3)C[C@H]2C(=O)NC2CC2)c1. The third-order valence-corrected chi connectivity index (χ3v) is 5.06. The molecule has 5 heteroatoms. The third kappa shape index (κ3) is 4.13. The molecular weight excluding hydrogens is 340 g/mol. The van der Waals surface area contributed by atoms with Crippen LogP contribution < -0.4 is 10.1 Å². The van der Waals surface area contributed by atoms with Gasteiger partial charge < -0.3 is 15.0 Å². The Labute approximate surface area is 159 Å². The Morgan fingerprint density at radius 3 is 2.56 bits per heavy atom. The van der Waals surface area contributed by atoms with Crippen molar-refractivity contribution in [3.05, 3.63) is 65.7 Å². The lowest BCUT2D eigenvalue weighted by Gasteiger charge is -2.23. The van der Waals surface area contributed by atoms with Crippen LogP contribution >= 0.6 is 0 Å². The summed E-state index contributed by atoms with van der Waals surface area (Å²) in [4.78, 5) is 27.5. The molecule has 0 unspecified atom stereocenters. The molecule has 0 bridgehead atoms. The van der Waals surface area contributed by atoms with Gasteiger partial charge in [-0.15, -0.1) is 0 Å². The van der Waals surface area contributed by atoms with Gasteiger partial charge in [0.25, 0.3) is 5.91 Å². The van der Waals surface area contributed by atoms with E-state index in [4.69, 9.17) is 4.74 Å². The lowest BCUT2D eigenvalue weighted by molar-refractivity contribution is -0.125. The Bertz CT molecular complexity index is 832. The van der Waals surface area contributed by atoms with E-state index in [-0.39, 0.29) is 24.0 Å². The summed E-state index contributed by atoms with van der Waals surface area (Å²) >= 11 is 0. The Balaban J connectivity index is 1.53. The summed E-state index contributed by atoms with van der Waals surface area (Å²) in [6.07, 6.45) is 2.35. The fraction of sp³-hybridized carbons (Fsp3) is 0.364. The maximum atomic E-state index is 13.1. The van der Waals surface area contributed by atoms with Crippen molar-refractivity contribution in [2.45, 2.75) is 44.4 Å². The quantitative estimate of drug-likeness (QED) is 0.887. The van der Waals surface area contributed by atoms with Crippen LogP contribution in [-0.4, -0.2) is 41.4 Å². The molecule has 2 aromatic carbocycles. The molecule has 1 aliphatic heterocycles. The molecule has 27 heavy (non-hydrogen) atoms. The minimum atomic E-state index is -0.493. The zero-order valence-electron chi connectivity index (χ0n) is 15.4. The number of amides is 2. The van der Waals surface area contributed by atoms with Crippen molar-refractivity contribution in [2.75, 3.05) is 6.54 Å². The van der Waals surface area contributed by atoms with Crippen molar-refractivity contribution in [1.29, 1.82) is 0 Å². The fourth-order valence-electron chi connectivity index (χ4n) is 3.52. The van der Waals surface area contributed by atoms with Gasteiger partial charge in [-0.05, 0) is 44.0 Å². The van der Waals surface area contributed by atoms with E-state index in [2.05, 4.69) is 5.32 Å². The highest BCUT2D eigenvalue weighted by Crippen LogP contribution is 2.27. The Hall–Kier alpha value is -2.82. The zero-order valence-corrected chi connectivity index (χ0v) is 15.4. The van der Waals surface area contributed by atoms with Gasteiger partial charge in [-0.1, -0.05) is 35.9 Å². The lowest BCUT2D eigenvalue weighted by Crippen LogP contribution is -2.46. The number of hydrogen-bond acceptors (Lipinski definition) is 3. The predicted molar refractivity (Wildman–Crippen MR) is 103 cm³/mol. The van der Waals surface area contributed by atoms with Gasteiger partial charge in [-0.3, -0.25) is 9.59 Å². The molecule has 0 aromatic heterocycles. The van der Waals surface area contributed by atoms with E-state index in [0.717, 1.165) is 24.2 Å². The third-order valence-electron chi connectivity index (χ3n) is 5.06. The molecule has 1 aliphatic carbocycles. The first kappa shape index (κ1) is 17.6. The maximum absolute atomic E-state index is 13.1. The fourth-order valence-corrected chi connectivity index (χ4v) is 3.52. The monoisotopic (exact) mass is 364 g/mol. The van der Waals surface area contributed by atoms with Crippen molar-refractivity contribution in [1.82, 2.24) is 10.2 Å². The largest absolute Gasteiger partial charge is 0.488 e. The number of para-hydroxylation sites is 1. The van der Waals surface area contributed by atoms with E-state index in [1.54, 1.807) is 11.0 Å². The number of benzene rings is 2. The van der Waals surface area contributed by atoms with E-state index in [0.29, 0.717) is 18.5 Å². The molecule has 5 nitrogen and oxygen atoms in total. The van der Waals surface area contributed by atoms with Crippen molar-refractivity contribution < 1.29 is 14.3 Å². The second-order valence-corrected chi connectivity index (χ2v) is 7.41. The summed E-state index contributed by atoms with van der Waals surface area (Å²) in [6, 6.07) is 16.8. The predicted octanol–water partition coefficient (Wildman–Crippen LogP) is 2.94. The van der Waals surface area contributed by atoms with Gasteiger partial charge in [0.15, 0.2) is 0 Å². The minimum absolute atomic E-state index is 0.0716. The highest BCUT2D eigenvalue weighted by Gasteiger charge is 2.42. The lowest BCUT2D eigenvalue weighted by atomic mass is 10.1. The highest BCUT2D eigenvalue weighted by molar-refractivity contribution is 5.98. The molecule has 1 saturated carbocycles. The number of carbonyl (C=O) groups is 2. The number of carbonyl (C=O) groups excluding carboxylic acids is 2. The number of hydrogen-bond donors (Lipinski definition) is 1. The standard InChI is InChI=1S/C22H24N2O3/c1-15-6-5-7-16(12-15)22(26)24-14-19(27-18-8-3-2-4-9-18)13-20(24)21(25)23-17-10-11-17/h2-9,12,17,19-20H,10-11,13-14H2,1H3,(H,23,25)/t19-,20-/m0/s1. The van der Waals surface area contributed by atoms with Crippen molar-refractivity contribution in [3.8, 4) is 5.75 Å². The van der Waals surface area contributed by atoms with Crippen LogP contribution in [-0.2, 0) is 4.79 Å². The smallest absolute Gasteiger partial charge is 0.254 e. The van der Waals surface area contributed by atoms with Gasteiger partial charge in [0, 0.05) is 18.0 Å². The average Bonchev–Trinajstić information content (AvgIpc) is 3.38. The van der Waals surface area contributed by atoms with Gasteiger partial charge in [0.2, 0.25) is 5.91 Å². The molecule has 2 fully saturated rings. The minimum Gasteiger partial charge on any atom is -0.488 e. The first-order chi connectivity index (χ1) is 13.1. The molecule has 1 heterocycles. The van der Waals surface area contributed by atoms with E-state index in [1.807, 2.05) is 55.5 Å². The van der Waals surface area contributed by atoms with Crippen LogP contribution in [0.5, 0.6) is 5.75 Å². The van der Waals surface area contributed by atoms with Crippen LogP contribution in [0.4, 0.5) is 0 Å². The number of ether oxygens (including phenoxy) is 1. The molecule has 1 saturated heterocycles. The second kappa shape index (κ2) is 7.43. The first-order valence-corrected chi connectivity index (χ1v) is 9.50. The number of likely N-dealkylation sites (tertiary alicyclic amines) is 1. The molecule has 2 aliphatic rings. The van der Waals surface area contributed by atoms with E-state index in [1.165, 1.54) is 0 Å². The summed E-state index contributed by atoms with van der Waals surface area (Å²) < 4.78 is 6.04. The Kier molecular flexibility index (Phi) is 4.84. The topological polar surface area (TPSA) is 58.6 Å². The van der Waals surface area contributed by atoms with Crippen LogP contribution in [0.25, 0.3) is 0 Å². The van der Waals surface area contributed by atoms with E-state index >= 15 is 0 Å². The van der Waals surface area contributed by atoms with Crippen molar-refractivity contribution >= 4 is 11.8 Å². The molecule has 0 spiro atoms. The molecule has 1 N–H and O–H groups in total. The number of aryl methyl sites for hydroxylation is 1. The van der Waals surface area contributed by atoms with Gasteiger partial charge in [-0.2, -0.15) is 0 Å². The van der Waals surface area contributed by atoms with Crippen molar-refractivity contribution in [2.24, 2.45) is 0 Å². The van der Waals surface area contributed by atoms with Gasteiger partial charge in [0.05, 0.1) is 6.54 Å². The molecule has 2 atom stereocenters. The molecule has 140 valence electrons. The molecule has 2 aromatic rings. The molecule has 4 rings (SSSR count). The van der Waals surface area contributed by atoms with Crippen LogP contribution in [0.15, 0.2) is 54.6 Å². The first-order valence-electron chi connectivity index (χ1n) is 9.50. The number of nitrogens with one attached hydrogen (secondary N) is 1. The molecular formula is C22H24N2O3. The zero-order chi connectivity index (χ0) is 18.8. The summed E-state index contributed by atoms with van der Waals surface area (Å²) in [5.41, 5.74) is 1.63. The number of rotatable bonds is 5. The highest BCUT2D eigenvalue weighted by atomic mass is 16.5. The maximum Gasteiger partial charge on any atom is 0.254 e. The summed E-state index contributed by atoms with van der Waals surface area (Å²) in [7, 11) is 0. The Morgan fingerprint density at radius 2 is 1.85 bits per heavy atom. The average molecular weight is 364 g/mol.